The van der Waals surface area contributed by atoms with Gasteiger partial charge in [0.1, 0.15) is 6.10 Å². The van der Waals surface area contributed by atoms with E-state index in [1.165, 1.54) is 5.56 Å². The van der Waals surface area contributed by atoms with Gasteiger partial charge in [0.2, 0.25) is 0 Å². The normalized spacial score (nSPS) is 25.0. The lowest BCUT2D eigenvalue weighted by Crippen LogP contribution is -2.37. The first-order chi connectivity index (χ1) is 9.72. The van der Waals surface area contributed by atoms with Crippen molar-refractivity contribution in [2.45, 2.75) is 31.4 Å². The third-order valence-electron chi connectivity index (χ3n) is 4.03. The number of cyclic esters (lactones) is 1. The number of hydrogen-bond donors (Lipinski definition) is 1. The van der Waals surface area contributed by atoms with E-state index in [0.29, 0.717) is 12.2 Å². The first kappa shape index (κ1) is 13.2. The van der Waals surface area contributed by atoms with E-state index in [1.807, 2.05) is 12.1 Å². The van der Waals surface area contributed by atoms with E-state index in [1.54, 1.807) is 14.2 Å². The van der Waals surface area contributed by atoms with Crippen molar-refractivity contribution >= 4 is 5.97 Å². The van der Waals surface area contributed by atoms with Crippen LogP contribution in [0, 0.1) is 0 Å². The molecule has 0 saturated carbocycles. The number of rotatable bonds is 3. The number of methoxy groups -OCH3 is 2. The van der Waals surface area contributed by atoms with E-state index < -0.39 is 0 Å². The van der Waals surface area contributed by atoms with Crippen LogP contribution >= 0.6 is 0 Å². The molecule has 2 atom stereocenters. The van der Waals surface area contributed by atoms with Crippen LogP contribution in [0.15, 0.2) is 12.1 Å². The van der Waals surface area contributed by atoms with E-state index in [2.05, 4.69) is 5.32 Å². The average molecular weight is 277 g/mol. The van der Waals surface area contributed by atoms with Crippen molar-refractivity contribution in [1.29, 1.82) is 0 Å². The number of carbonyl (C=O) groups is 1. The fraction of sp³-hybridized carbons (Fsp3) is 0.533. The lowest BCUT2D eigenvalue weighted by molar-refractivity contribution is -0.142. The first-order valence-electron chi connectivity index (χ1n) is 6.90. The number of hydrogen-bond acceptors (Lipinski definition) is 5. The summed E-state index contributed by atoms with van der Waals surface area (Å²) in [6, 6.07) is 4.07. The second-order valence-electron chi connectivity index (χ2n) is 5.15. The molecule has 20 heavy (non-hydrogen) atoms. The number of nitrogens with one attached hydrogen (secondary N) is 1. The van der Waals surface area contributed by atoms with Gasteiger partial charge in [-0.1, -0.05) is 0 Å². The maximum atomic E-state index is 11.3. The van der Waals surface area contributed by atoms with Gasteiger partial charge in [-0.15, -0.1) is 0 Å². The van der Waals surface area contributed by atoms with Gasteiger partial charge in [0.25, 0.3) is 0 Å². The Balaban J connectivity index is 1.97. The van der Waals surface area contributed by atoms with Crippen LogP contribution in [0.3, 0.4) is 0 Å². The largest absolute Gasteiger partial charge is 0.493 e. The van der Waals surface area contributed by atoms with Crippen molar-refractivity contribution < 1.29 is 19.0 Å². The summed E-state index contributed by atoms with van der Waals surface area (Å²) in [7, 11) is 3.27. The monoisotopic (exact) mass is 277 g/mol. The molecule has 1 saturated heterocycles. The second-order valence-corrected chi connectivity index (χ2v) is 5.15. The Labute approximate surface area is 118 Å². The predicted octanol–water partition coefficient (Wildman–Crippen LogP) is 1.60. The minimum Gasteiger partial charge on any atom is -0.493 e. The smallest absolute Gasteiger partial charge is 0.306 e. The fourth-order valence-electron chi connectivity index (χ4n) is 3.03. The number of ether oxygens (including phenoxy) is 3. The molecule has 0 aromatic heterocycles. The van der Waals surface area contributed by atoms with Crippen molar-refractivity contribution in [2.75, 3.05) is 20.8 Å². The third kappa shape index (κ3) is 2.22. The summed E-state index contributed by atoms with van der Waals surface area (Å²) in [4.78, 5) is 11.3. The van der Waals surface area contributed by atoms with Gasteiger partial charge in [-0.25, -0.2) is 0 Å². The van der Waals surface area contributed by atoms with Gasteiger partial charge in [0, 0.05) is 6.42 Å². The Morgan fingerprint density at radius 3 is 2.60 bits per heavy atom. The van der Waals surface area contributed by atoms with Gasteiger partial charge < -0.3 is 19.5 Å². The molecular formula is C15H19NO4. The molecule has 2 aliphatic heterocycles. The van der Waals surface area contributed by atoms with Gasteiger partial charge >= 0.3 is 5.97 Å². The molecule has 0 bridgehead atoms. The first-order valence-corrected chi connectivity index (χ1v) is 6.90. The zero-order chi connectivity index (χ0) is 14.1. The zero-order valence-electron chi connectivity index (χ0n) is 11.8. The van der Waals surface area contributed by atoms with Crippen LogP contribution in [-0.2, 0) is 16.0 Å². The molecule has 0 amide bonds. The Kier molecular flexibility index (Phi) is 3.53. The summed E-state index contributed by atoms with van der Waals surface area (Å²) >= 11 is 0. The summed E-state index contributed by atoms with van der Waals surface area (Å²) in [5.41, 5.74) is 2.38. The van der Waals surface area contributed by atoms with Crippen LogP contribution in [0.4, 0.5) is 0 Å². The average Bonchev–Trinajstić information content (AvgIpc) is 2.91. The van der Waals surface area contributed by atoms with Crippen LogP contribution in [0.2, 0.25) is 0 Å². The Bertz CT molecular complexity index is 529. The van der Waals surface area contributed by atoms with Gasteiger partial charge in [-0.2, -0.15) is 0 Å². The standard InChI is InChI=1S/C15H19NO4/c1-18-12-7-9-5-6-16-15(10(9)8-13(12)19-2)11-3-4-14(17)20-11/h7-8,11,15-16H,3-6H2,1-2H3/t11-,15+/m0/s1. The highest BCUT2D eigenvalue weighted by atomic mass is 16.6. The minimum absolute atomic E-state index is 0.0463. The lowest BCUT2D eigenvalue weighted by Gasteiger charge is -2.31. The highest BCUT2D eigenvalue weighted by Gasteiger charge is 2.35. The van der Waals surface area contributed by atoms with E-state index in [9.17, 15) is 4.79 Å². The van der Waals surface area contributed by atoms with Crippen molar-refractivity contribution in [2.24, 2.45) is 0 Å². The molecule has 0 unspecified atom stereocenters. The van der Waals surface area contributed by atoms with Gasteiger partial charge in [0.05, 0.1) is 20.3 Å². The van der Waals surface area contributed by atoms with Crippen LogP contribution in [0.5, 0.6) is 11.5 Å². The van der Waals surface area contributed by atoms with Crippen molar-refractivity contribution in [3.8, 4) is 11.5 Å². The minimum atomic E-state index is -0.107. The fourth-order valence-corrected chi connectivity index (χ4v) is 3.03. The molecule has 2 aliphatic rings. The Morgan fingerprint density at radius 1 is 1.20 bits per heavy atom. The second kappa shape index (κ2) is 5.32. The predicted molar refractivity (Wildman–Crippen MR) is 73.1 cm³/mol. The highest BCUT2D eigenvalue weighted by molar-refractivity contribution is 5.71. The summed E-state index contributed by atoms with van der Waals surface area (Å²) in [5, 5.41) is 3.45. The van der Waals surface area contributed by atoms with Crippen LogP contribution < -0.4 is 14.8 Å². The third-order valence-corrected chi connectivity index (χ3v) is 4.03. The summed E-state index contributed by atoms with van der Waals surface area (Å²) in [6.07, 6.45) is 2.13. The number of carbonyl (C=O) groups excluding carboxylic acids is 1. The topological polar surface area (TPSA) is 56.8 Å². The highest BCUT2D eigenvalue weighted by Crippen LogP contribution is 2.38. The van der Waals surface area contributed by atoms with Gasteiger partial charge in [0.15, 0.2) is 11.5 Å². The number of esters is 1. The quantitative estimate of drug-likeness (QED) is 0.850. The van der Waals surface area contributed by atoms with Gasteiger partial charge in [-0.05, 0) is 42.6 Å². The molecule has 2 heterocycles. The zero-order valence-corrected chi connectivity index (χ0v) is 11.8. The Morgan fingerprint density at radius 2 is 1.95 bits per heavy atom. The maximum absolute atomic E-state index is 11.3. The number of fused-ring (bicyclic) bond motifs is 1. The van der Waals surface area contributed by atoms with E-state index in [4.69, 9.17) is 14.2 Å². The Hall–Kier alpha value is -1.75. The van der Waals surface area contributed by atoms with Crippen molar-refractivity contribution in [3.63, 3.8) is 0 Å². The molecule has 1 N–H and O–H groups in total. The van der Waals surface area contributed by atoms with Crippen LogP contribution in [0.1, 0.15) is 30.0 Å². The molecule has 5 nitrogen and oxygen atoms in total. The summed E-state index contributed by atoms with van der Waals surface area (Å²) < 4.78 is 16.1. The summed E-state index contributed by atoms with van der Waals surface area (Å²) in [6.45, 7) is 0.876. The van der Waals surface area contributed by atoms with E-state index in [0.717, 1.165) is 30.7 Å². The molecule has 108 valence electrons. The van der Waals surface area contributed by atoms with E-state index >= 15 is 0 Å². The van der Waals surface area contributed by atoms with Crippen LogP contribution in [0.25, 0.3) is 0 Å². The number of benzene rings is 1. The molecule has 5 heteroatoms. The molecule has 1 aromatic carbocycles. The van der Waals surface area contributed by atoms with Gasteiger partial charge in [-0.3, -0.25) is 4.79 Å². The molecule has 1 fully saturated rings. The van der Waals surface area contributed by atoms with E-state index in [-0.39, 0.29) is 18.1 Å². The molecule has 3 rings (SSSR count). The molecule has 0 radical (unpaired) electrons. The lowest BCUT2D eigenvalue weighted by atomic mass is 9.89. The van der Waals surface area contributed by atoms with Crippen LogP contribution in [-0.4, -0.2) is 32.8 Å². The molecular weight excluding hydrogens is 258 g/mol. The molecule has 0 aliphatic carbocycles. The SMILES string of the molecule is COc1cc2c(cc1OC)[C@H]([C@@H]1CCC(=O)O1)NCC2. The maximum Gasteiger partial charge on any atom is 0.306 e. The summed E-state index contributed by atoms with van der Waals surface area (Å²) in [5.74, 6) is 1.35. The van der Waals surface area contributed by atoms with Crippen molar-refractivity contribution in [3.05, 3.63) is 23.3 Å². The molecule has 1 aromatic rings. The molecule has 0 spiro atoms. The van der Waals surface area contributed by atoms with Crippen molar-refractivity contribution in [1.82, 2.24) is 5.32 Å².